The summed E-state index contributed by atoms with van der Waals surface area (Å²) in [6.07, 6.45) is 5.10. The normalized spacial score (nSPS) is 14.2. The number of nitrogens with one attached hydrogen (secondary N) is 1. The second-order valence-electron chi connectivity index (χ2n) is 12.6. The third kappa shape index (κ3) is 9.37. The summed E-state index contributed by atoms with van der Waals surface area (Å²) in [6, 6.07) is 24.9. The summed E-state index contributed by atoms with van der Waals surface area (Å²) in [5, 5.41) is 4.22. The van der Waals surface area contributed by atoms with Crippen LogP contribution in [0.15, 0.2) is 95.9 Å². The predicted octanol–water partition coefficient (Wildman–Crippen LogP) is 8.55. The summed E-state index contributed by atoms with van der Waals surface area (Å²) in [4.78, 5) is 30.5. The van der Waals surface area contributed by atoms with E-state index in [1.165, 1.54) is 23.1 Å². The highest BCUT2D eigenvalue weighted by molar-refractivity contribution is 7.92. The van der Waals surface area contributed by atoms with Crippen molar-refractivity contribution < 1.29 is 18.0 Å². The van der Waals surface area contributed by atoms with Gasteiger partial charge in [-0.2, -0.15) is 0 Å². The second kappa shape index (κ2) is 16.4. The number of anilines is 1. The molecule has 0 spiro atoms. The van der Waals surface area contributed by atoms with Crippen LogP contribution in [0.3, 0.4) is 0 Å². The van der Waals surface area contributed by atoms with Crippen molar-refractivity contribution in [1.29, 1.82) is 0 Å². The van der Waals surface area contributed by atoms with E-state index in [0.717, 1.165) is 53.1 Å². The van der Waals surface area contributed by atoms with Crippen LogP contribution >= 0.6 is 34.8 Å². The molecule has 1 fully saturated rings. The number of carbonyl (C=O) groups is 2. The molecule has 4 aromatic carbocycles. The minimum atomic E-state index is -4.25. The van der Waals surface area contributed by atoms with Gasteiger partial charge in [-0.25, -0.2) is 8.42 Å². The van der Waals surface area contributed by atoms with E-state index in [4.69, 9.17) is 34.8 Å². The Hall–Kier alpha value is -3.56. The summed E-state index contributed by atoms with van der Waals surface area (Å²) < 4.78 is 29.7. The first-order chi connectivity index (χ1) is 23.4. The van der Waals surface area contributed by atoms with Gasteiger partial charge in [-0.05, 0) is 79.8 Å². The van der Waals surface area contributed by atoms with Gasteiger partial charge >= 0.3 is 0 Å². The number of sulfonamides is 1. The molecule has 0 aromatic heterocycles. The van der Waals surface area contributed by atoms with E-state index < -0.39 is 28.5 Å². The maximum atomic E-state index is 14.7. The van der Waals surface area contributed by atoms with E-state index in [-0.39, 0.29) is 35.5 Å². The summed E-state index contributed by atoms with van der Waals surface area (Å²) in [5.41, 5.74) is 3.36. The molecule has 0 aliphatic heterocycles. The molecule has 1 saturated carbocycles. The summed E-state index contributed by atoms with van der Waals surface area (Å²) in [6.45, 7) is 3.08. The third-order valence-electron chi connectivity index (χ3n) is 8.89. The number of halogens is 3. The number of amides is 2. The molecular formula is C38H40Cl3N3O4S. The van der Waals surface area contributed by atoms with Gasteiger partial charge < -0.3 is 10.2 Å². The predicted molar refractivity (Wildman–Crippen MR) is 198 cm³/mol. The van der Waals surface area contributed by atoms with E-state index in [2.05, 4.69) is 5.32 Å². The highest BCUT2D eigenvalue weighted by Gasteiger charge is 2.35. The van der Waals surface area contributed by atoms with Gasteiger partial charge in [-0.15, -0.1) is 0 Å². The fraction of sp³-hybridized carbons (Fsp3) is 0.316. The van der Waals surface area contributed by atoms with Crippen molar-refractivity contribution in [2.45, 2.75) is 75.9 Å². The highest BCUT2D eigenvalue weighted by Crippen LogP contribution is 2.30. The Morgan fingerprint density at radius 1 is 0.796 bits per heavy atom. The van der Waals surface area contributed by atoms with Crippen molar-refractivity contribution in [2.75, 3.05) is 10.8 Å². The van der Waals surface area contributed by atoms with Crippen molar-refractivity contribution in [3.05, 3.63) is 128 Å². The van der Waals surface area contributed by atoms with Gasteiger partial charge in [-0.3, -0.25) is 13.9 Å². The fourth-order valence-corrected chi connectivity index (χ4v) is 7.94. The number of hydrogen-bond donors (Lipinski definition) is 1. The van der Waals surface area contributed by atoms with E-state index in [0.29, 0.717) is 20.6 Å². The molecule has 49 heavy (non-hydrogen) atoms. The molecule has 2 amide bonds. The zero-order valence-corrected chi connectivity index (χ0v) is 30.6. The average Bonchev–Trinajstić information content (AvgIpc) is 3.09. The van der Waals surface area contributed by atoms with E-state index in [9.17, 15) is 18.0 Å². The Labute approximate surface area is 304 Å². The van der Waals surface area contributed by atoms with E-state index in [1.54, 1.807) is 42.5 Å². The smallest absolute Gasteiger partial charge is 0.264 e. The monoisotopic (exact) mass is 739 g/mol. The van der Waals surface area contributed by atoms with Crippen LogP contribution in [0, 0.1) is 13.8 Å². The Morgan fingerprint density at radius 2 is 1.49 bits per heavy atom. The second-order valence-corrected chi connectivity index (χ2v) is 15.7. The average molecular weight is 741 g/mol. The highest BCUT2D eigenvalue weighted by atomic mass is 35.5. The molecule has 258 valence electrons. The minimum Gasteiger partial charge on any atom is -0.352 e. The van der Waals surface area contributed by atoms with Gasteiger partial charge in [0.2, 0.25) is 11.8 Å². The molecule has 0 saturated heterocycles. The van der Waals surface area contributed by atoms with Crippen molar-refractivity contribution in [1.82, 2.24) is 10.2 Å². The number of hydrogen-bond acceptors (Lipinski definition) is 4. The van der Waals surface area contributed by atoms with Crippen LogP contribution < -0.4 is 9.62 Å². The van der Waals surface area contributed by atoms with Gasteiger partial charge in [-0.1, -0.05) is 114 Å². The SMILES string of the molecule is Cc1ccc(S(=O)(=O)N(CC(=O)N(Cc2ccc(Cl)c(Cl)c2)[C@H](Cc2ccccc2)C(=O)NC2CCCCC2)c2ccc(C)c(Cl)c2)cc1. The first-order valence-corrected chi connectivity index (χ1v) is 18.9. The fourth-order valence-electron chi connectivity index (χ4n) is 6.04. The van der Waals surface area contributed by atoms with Gasteiger partial charge in [0, 0.05) is 24.0 Å². The van der Waals surface area contributed by atoms with Crippen molar-refractivity contribution in [2.24, 2.45) is 0 Å². The van der Waals surface area contributed by atoms with Crippen LogP contribution in [-0.4, -0.2) is 43.8 Å². The molecule has 1 aliphatic carbocycles. The summed E-state index contributed by atoms with van der Waals surface area (Å²) >= 11 is 19.1. The van der Waals surface area contributed by atoms with Crippen LogP contribution in [0.25, 0.3) is 0 Å². The van der Waals surface area contributed by atoms with Crippen molar-refractivity contribution in [3.8, 4) is 0 Å². The molecule has 0 heterocycles. The zero-order chi connectivity index (χ0) is 35.1. The molecule has 7 nitrogen and oxygen atoms in total. The lowest BCUT2D eigenvalue weighted by Gasteiger charge is -2.35. The topological polar surface area (TPSA) is 86.8 Å². The lowest BCUT2D eigenvalue weighted by atomic mass is 9.94. The van der Waals surface area contributed by atoms with Crippen LogP contribution in [0.4, 0.5) is 5.69 Å². The Kier molecular flexibility index (Phi) is 12.3. The first kappa shape index (κ1) is 36.7. The van der Waals surface area contributed by atoms with Crippen LogP contribution in [-0.2, 0) is 32.6 Å². The van der Waals surface area contributed by atoms with Crippen molar-refractivity contribution in [3.63, 3.8) is 0 Å². The molecule has 5 rings (SSSR count). The largest absolute Gasteiger partial charge is 0.352 e. The molecule has 1 N–H and O–H groups in total. The summed E-state index contributed by atoms with van der Waals surface area (Å²) in [7, 11) is -4.25. The number of nitrogens with zero attached hydrogens (tertiary/aromatic N) is 2. The van der Waals surface area contributed by atoms with Crippen molar-refractivity contribution >= 4 is 62.3 Å². The molecule has 4 aromatic rings. The van der Waals surface area contributed by atoms with Gasteiger partial charge in [0.05, 0.1) is 20.6 Å². The van der Waals surface area contributed by atoms with Crippen LogP contribution in [0.5, 0.6) is 0 Å². The molecular weight excluding hydrogens is 701 g/mol. The van der Waals surface area contributed by atoms with E-state index in [1.807, 2.05) is 44.2 Å². The van der Waals surface area contributed by atoms with Crippen LogP contribution in [0.1, 0.15) is 54.4 Å². The van der Waals surface area contributed by atoms with Gasteiger partial charge in [0.15, 0.2) is 0 Å². The Morgan fingerprint density at radius 3 is 2.14 bits per heavy atom. The standard InChI is InChI=1S/C38H40Cl3N3O4S/c1-26-13-18-32(19-14-26)49(47,48)44(31-17-15-27(2)34(40)23-31)25-37(45)43(24-29-16-20-33(39)35(41)21-29)36(22-28-9-5-3-6-10-28)38(46)42-30-11-7-4-8-12-30/h3,5-6,9-10,13-21,23,30,36H,4,7-8,11-12,22,24-25H2,1-2H3,(H,42,46)/t36-/m1/s1. The number of carbonyl (C=O) groups excluding carboxylic acids is 2. The molecule has 1 aliphatic rings. The van der Waals surface area contributed by atoms with Crippen LogP contribution in [0.2, 0.25) is 15.1 Å². The Balaban J connectivity index is 1.59. The lowest BCUT2D eigenvalue weighted by Crippen LogP contribution is -2.55. The number of aryl methyl sites for hydroxylation is 2. The van der Waals surface area contributed by atoms with Gasteiger partial charge in [0.25, 0.3) is 10.0 Å². The molecule has 0 unspecified atom stereocenters. The quantitative estimate of drug-likeness (QED) is 0.158. The minimum absolute atomic E-state index is 0.00503. The zero-order valence-electron chi connectivity index (χ0n) is 27.5. The molecule has 0 bridgehead atoms. The third-order valence-corrected chi connectivity index (χ3v) is 11.8. The molecule has 11 heteroatoms. The lowest BCUT2D eigenvalue weighted by molar-refractivity contribution is -0.140. The maximum Gasteiger partial charge on any atom is 0.264 e. The Bertz CT molecular complexity index is 1880. The molecule has 0 radical (unpaired) electrons. The number of rotatable bonds is 12. The summed E-state index contributed by atoms with van der Waals surface area (Å²) in [5.74, 6) is -0.867. The number of benzene rings is 4. The first-order valence-electron chi connectivity index (χ1n) is 16.4. The maximum absolute atomic E-state index is 14.7. The van der Waals surface area contributed by atoms with E-state index >= 15 is 0 Å². The molecule has 1 atom stereocenters. The van der Waals surface area contributed by atoms with Gasteiger partial charge in [0.1, 0.15) is 12.6 Å².